The molecule has 4 rings (SSSR count). The van der Waals surface area contributed by atoms with E-state index in [1.165, 1.54) is 16.9 Å². The maximum Gasteiger partial charge on any atom is 0.253 e. The number of carbonyl (C=O) groups is 2. The highest BCUT2D eigenvalue weighted by molar-refractivity contribution is 8.00. The number of nitrogen functional groups attached to an aromatic ring is 1. The van der Waals surface area contributed by atoms with Gasteiger partial charge < -0.3 is 15.8 Å². The molecule has 2 saturated heterocycles. The average Bonchev–Trinajstić information content (AvgIpc) is 3.29. The van der Waals surface area contributed by atoms with Crippen LogP contribution in [0, 0.1) is 0 Å². The highest BCUT2D eigenvalue weighted by atomic mass is 32.2. The van der Waals surface area contributed by atoms with Gasteiger partial charge >= 0.3 is 0 Å². The van der Waals surface area contributed by atoms with E-state index in [1.807, 2.05) is 6.92 Å². The third-order valence-electron chi connectivity index (χ3n) is 4.99. The number of allylic oxidation sites excluding steroid dienone is 1. The molecule has 3 N–H and O–H groups in total. The molecule has 1 aromatic heterocycles. The number of carbonyl (C=O) groups excluding carboxylic acids is 2. The topological polar surface area (TPSA) is 97.5 Å². The van der Waals surface area contributed by atoms with Gasteiger partial charge in [0.15, 0.2) is 5.13 Å². The Kier molecular flexibility index (Phi) is 4.54. The van der Waals surface area contributed by atoms with Crippen molar-refractivity contribution in [1.29, 1.82) is 0 Å². The number of fused-ring (bicyclic) bond motifs is 1. The largest absolute Gasteiger partial charge is 0.375 e. The molecule has 3 atom stereocenters. The quantitative estimate of drug-likeness (QED) is 0.597. The number of nitrogens with one attached hydrogen (secondary N) is 1. The van der Waals surface area contributed by atoms with Crippen LogP contribution in [0.3, 0.4) is 0 Å². The first-order chi connectivity index (χ1) is 12.5. The predicted octanol–water partition coefficient (Wildman–Crippen LogP) is 1.59. The Balaban J connectivity index is 1.44. The monoisotopic (exact) mass is 392 g/mol. The van der Waals surface area contributed by atoms with E-state index in [0.717, 1.165) is 30.9 Å². The van der Waals surface area contributed by atoms with Crippen LogP contribution < -0.4 is 11.1 Å². The molecule has 138 valence electrons. The van der Waals surface area contributed by atoms with E-state index in [9.17, 15) is 9.59 Å². The van der Waals surface area contributed by atoms with Crippen LogP contribution in [0.1, 0.15) is 25.5 Å². The molecule has 7 nitrogen and oxygen atoms in total. The number of thioether (sulfide) groups is 1. The second-order valence-electron chi connectivity index (χ2n) is 6.52. The van der Waals surface area contributed by atoms with Crippen LogP contribution in [0.15, 0.2) is 23.2 Å². The first-order valence-corrected chi connectivity index (χ1v) is 10.4. The molecule has 2 fully saturated rings. The standard InChI is InChI=1S/C17H20N4O3S2/c1-8(11-7-26-17(18)19-11)14(22)20-13-15(23)21-9(2)10(6-25-16(13)21)12-4-3-5-24-12/h7,12-13,16H,1,3-6H2,2H3,(H2,18,19)(H,20,22)/t12-,13+,16+/m0/s1. The zero-order chi connectivity index (χ0) is 18.4. The van der Waals surface area contributed by atoms with Crippen LogP contribution in [0.2, 0.25) is 0 Å². The smallest absolute Gasteiger partial charge is 0.253 e. The number of thiazole rings is 1. The van der Waals surface area contributed by atoms with Crippen LogP contribution in [-0.2, 0) is 14.3 Å². The molecule has 3 aliphatic rings. The zero-order valence-electron chi connectivity index (χ0n) is 14.4. The first kappa shape index (κ1) is 17.6. The van der Waals surface area contributed by atoms with Crippen molar-refractivity contribution in [3.8, 4) is 0 Å². The lowest BCUT2D eigenvalue weighted by Crippen LogP contribution is -2.69. The summed E-state index contributed by atoms with van der Waals surface area (Å²) >= 11 is 2.92. The molecule has 0 aliphatic carbocycles. The molecule has 0 radical (unpaired) electrons. The van der Waals surface area contributed by atoms with Gasteiger partial charge in [-0.2, -0.15) is 0 Å². The van der Waals surface area contributed by atoms with Gasteiger partial charge in [-0.15, -0.1) is 23.1 Å². The highest BCUT2D eigenvalue weighted by Gasteiger charge is 2.52. The summed E-state index contributed by atoms with van der Waals surface area (Å²) in [6.07, 6.45) is 2.20. The van der Waals surface area contributed by atoms with Gasteiger partial charge in [-0.3, -0.25) is 14.5 Å². The van der Waals surface area contributed by atoms with Crippen molar-refractivity contribution >= 4 is 45.6 Å². The maximum atomic E-state index is 12.6. The summed E-state index contributed by atoms with van der Waals surface area (Å²) < 4.78 is 5.77. The van der Waals surface area contributed by atoms with Crippen molar-refractivity contribution in [3.05, 3.63) is 28.9 Å². The molecule has 0 aromatic carbocycles. The lowest BCUT2D eigenvalue weighted by Gasteiger charge is -2.50. The Morgan fingerprint density at radius 1 is 1.54 bits per heavy atom. The number of nitrogens with zero attached hydrogens (tertiary/aromatic N) is 2. The normalized spacial score (nSPS) is 28.0. The summed E-state index contributed by atoms with van der Waals surface area (Å²) in [5, 5.41) is 4.78. The number of nitrogens with two attached hydrogens (primary N) is 1. The van der Waals surface area contributed by atoms with Gasteiger partial charge in [0.2, 0.25) is 0 Å². The Labute approximate surface area is 159 Å². The fourth-order valence-electron chi connectivity index (χ4n) is 3.51. The van der Waals surface area contributed by atoms with Crippen molar-refractivity contribution in [2.75, 3.05) is 18.1 Å². The molecule has 0 saturated carbocycles. The van der Waals surface area contributed by atoms with Gasteiger partial charge in [0.25, 0.3) is 11.8 Å². The highest BCUT2D eigenvalue weighted by Crippen LogP contribution is 2.42. The van der Waals surface area contributed by atoms with Crippen molar-refractivity contribution in [2.24, 2.45) is 0 Å². The van der Waals surface area contributed by atoms with E-state index >= 15 is 0 Å². The number of anilines is 1. The molecule has 0 spiro atoms. The van der Waals surface area contributed by atoms with Crippen molar-refractivity contribution in [2.45, 2.75) is 37.3 Å². The Bertz CT molecular complexity index is 813. The lowest BCUT2D eigenvalue weighted by atomic mass is 10.00. The van der Waals surface area contributed by atoms with E-state index in [-0.39, 0.29) is 28.9 Å². The van der Waals surface area contributed by atoms with E-state index in [0.29, 0.717) is 10.8 Å². The molecular weight excluding hydrogens is 372 g/mol. The minimum Gasteiger partial charge on any atom is -0.375 e. The van der Waals surface area contributed by atoms with Gasteiger partial charge in [0.1, 0.15) is 11.4 Å². The van der Waals surface area contributed by atoms with E-state index < -0.39 is 6.04 Å². The molecule has 0 bridgehead atoms. The van der Waals surface area contributed by atoms with Crippen LogP contribution >= 0.6 is 23.1 Å². The van der Waals surface area contributed by atoms with E-state index in [4.69, 9.17) is 10.5 Å². The summed E-state index contributed by atoms with van der Waals surface area (Å²) in [7, 11) is 0. The van der Waals surface area contributed by atoms with Gasteiger partial charge in [-0.05, 0) is 25.3 Å². The summed E-state index contributed by atoms with van der Waals surface area (Å²) in [5.74, 6) is 0.343. The van der Waals surface area contributed by atoms with Gasteiger partial charge in [0, 0.05) is 23.4 Å². The number of hydrogen-bond acceptors (Lipinski definition) is 7. The van der Waals surface area contributed by atoms with Crippen molar-refractivity contribution < 1.29 is 14.3 Å². The number of aromatic nitrogens is 1. The van der Waals surface area contributed by atoms with E-state index in [1.54, 1.807) is 22.0 Å². The van der Waals surface area contributed by atoms with Crippen LogP contribution in [0.4, 0.5) is 5.13 Å². The molecule has 2 amide bonds. The summed E-state index contributed by atoms with van der Waals surface area (Å²) in [4.78, 5) is 30.9. The van der Waals surface area contributed by atoms with Gasteiger partial charge in [0.05, 0.1) is 17.4 Å². The summed E-state index contributed by atoms with van der Waals surface area (Å²) in [5.41, 5.74) is 8.44. The predicted molar refractivity (Wildman–Crippen MR) is 102 cm³/mol. The molecule has 1 aromatic rings. The van der Waals surface area contributed by atoms with Crippen LogP contribution in [0.25, 0.3) is 5.57 Å². The molecule has 4 heterocycles. The Morgan fingerprint density at radius 3 is 3.00 bits per heavy atom. The number of hydrogen-bond donors (Lipinski definition) is 2. The number of ether oxygens (including phenoxy) is 1. The molecule has 9 heteroatoms. The van der Waals surface area contributed by atoms with Crippen molar-refractivity contribution in [1.82, 2.24) is 15.2 Å². The fraction of sp³-hybridized carbons (Fsp3) is 0.471. The second-order valence-corrected chi connectivity index (χ2v) is 8.52. The Morgan fingerprint density at radius 2 is 2.35 bits per heavy atom. The number of amides is 2. The van der Waals surface area contributed by atoms with Crippen molar-refractivity contribution in [3.63, 3.8) is 0 Å². The molecule has 3 aliphatic heterocycles. The first-order valence-electron chi connectivity index (χ1n) is 8.44. The Hall–Kier alpha value is -1.84. The van der Waals surface area contributed by atoms with Crippen LogP contribution in [-0.4, -0.2) is 51.6 Å². The van der Waals surface area contributed by atoms with Gasteiger partial charge in [-0.25, -0.2) is 4.98 Å². The molecular formula is C17H20N4O3S2. The SMILES string of the molecule is C=C(C(=O)N[C@@H]1C(=O)N2C(C)=C([C@@H]3CCCO3)CS[C@H]12)c1csc(N)n1. The minimum absolute atomic E-state index is 0.0788. The van der Waals surface area contributed by atoms with E-state index in [2.05, 4.69) is 16.9 Å². The second kappa shape index (κ2) is 6.71. The minimum atomic E-state index is -0.541. The molecule has 0 unspecified atom stereocenters. The summed E-state index contributed by atoms with van der Waals surface area (Å²) in [6.45, 7) is 6.53. The van der Waals surface area contributed by atoms with Crippen LogP contribution in [0.5, 0.6) is 0 Å². The molecule has 26 heavy (non-hydrogen) atoms. The third kappa shape index (κ3) is 2.83. The fourth-order valence-corrected chi connectivity index (χ4v) is 5.62. The summed E-state index contributed by atoms with van der Waals surface area (Å²) in [6, 6.07) is -0.541. The average molecular weight is 393 g/mol. The number of rotatable bonds is 4. The maximum absolute atomic E-state index is 12.6. The number of β-lactam (4-membered cyclic amide) rings is 1. The lowest BCUT2D eigenvalue weighted by molar-refractivity contribution is -0.145. The van der Waals surface area contributed by atoms with Gasteiger partial charge in [-0.1, -0.05) is 6.58 Å². The third-order valence-corrected chi connectivity index (χ3v) is 6.97. The zero-order valence-corrected chi connectivity index (χ0v) is 16.0.